The van der Waals surface area contributed by atoms with Crippen molar-refractivity contribution < 1.29 is 9.47 Å². The third-order valence-corrected chi connectivity index (χ3v) is 1.20. The molecule has 0 amide bonds. The zero-order valence-corrected chi connectivity index (χ0v) is 7.40. The first-order valence-electron chi connectivity index (χ1n) is 3.68. The summed E-state index contributed by atoms with van der Waals surface area (Å²) in [4.78, 5) is 0. The van der Waals surface area contributed by atoms with Crippen molar-refractivity contribution in [3.05, 3.63) is 0 Å². The van der Waals surface area contributed by atoms with Gasteiger partial charge in [-0.1, -0.05) is 0 Å². The van der Waals surface area contributed by atoms with Crippen molar-refractivity contribution >= 4 is 12.6 Å². The van der Waals surface area contributed by atoms with E-state index in [1.54, 1.807) is 0 Å². The van der Waals surface area contributed by atoms with Crippen molar-refractivity contribution in [2.75, 3.05) is 32.2 Å². The van der Waals surface area contributed by atoms with E-state index in [2.05, 4.69) is 12.6 Å². The molecule has 0 spiro atoms. The highest BCUT2D eigenvalue weighted by Crippen LogP contribution is 1.85. The predicted molar refractivity (Wildman–Crippen MR) is 45.8 cm³/mol. The fourth-order valence-corrected chi connectivity index (χ4v) is 0.703. The molecule has 0 fully saturated rings. The number of rotatable bonds is 7. The maximum absolute atomic E-state index is 5.17. The molecule has 0 radical (unpaired) electrons. The molecule has 0 atom stereocenters. The maximum atomic E-state index is 5.17. The van der Waals surface area contributed by atoms with Gasteiger partial charge in [-0.3, -0.25) is 0 Å². The van der Waals surface area contributed by atoms with Crippen LogP contribution in [0.5, 0.6) is 0 Å². The van der Waals surface area contributed by atoms with Crippen molar-refractivity contribution in [3.63, 3.8) is 0 Å². The van der Waals surface area contributed by atoms with E-state index >= 15 is 0 Å². The summed E-state index contributed by atoms with van der Waals surface area (Å²) in [6.07, 6.45) is 0.988. The minimum absolute atomic E-state index is 0.745. The van der Waals surface area contributed by atoms with E-state index in [1.807, 2.05) is 6.92 Å². The van der Waals surface area contributed by atoms with Crippen molar-refractivity contribution in [1.29, 1.82) is 0 Å². The van der Waals surface area contributed by atoms with Gasteiger partial charge in [-0.15, -0.1) is 0 Å². The Balaban J connectivity index is 2.65. The van der Waals surface area contributed by atoms with Crippen molar-refractivity contribution in [3.8, 4) is 0 Å². The van der Waals surface area contributed by atoms with Gasteiger partial charge in [-0.25, -0.2) is 0 Å². The zero-order chi connectivity index (χ0) is 7.66. The van der Waals surface area contributed by atoms with Crippen molar-refractivity contribution in [2.24, 2.45) is 0 Å². The quantitative estimate of drug-likeness (QED) is 0.452. The van der Waals surface area contributed by atoms with Gasteiger partial charge in [0.15, 0.2) is 0 Å². The Bertz CT molecular complexity index is 51.6. The minimum atomic E-state index is 0.745. The number of ether oxygens (including phenoxy) is 2. The molecule has 0 aliphatic rings. The molecule has 0 saturated carbocycles. The standard InChI is InChI=1S/C7H16O2S/c1-2-8-4-3-5-9-6-7-10/h10H,2-7H2,1H3. The first kappa shape index (κ1) is 10.3. The molecular weight excluding hydrogens is 148 g/mol. The van der Waals surface area contributed by atoms with Crippen molar-refractivity contribution in [2.45, 2.75) is 13.3 Å². The molecule has 0 unspecified atom stereocenters. The summed E-state index contributed by atoms with van der Waals surface area (Å²) in [6, 6.07) is 0. The Kier molecular flexibility index (Phi) is 9.52. The van der Waals surface area contributed by atoms with Gasteiger partial charge in [0.25, 0.3) is 0 Å². The summed E-state index contributed by atoms with van der Waals surface area (Å²) in [5, 5.41) is 0. The molecule has 0 heterocycles. The van der Waals surface area contributed by atoms with Gasteiger partial charge in [0.1, 0.15) is 0 Å². The lowest BCUT2D eigenvalue weighted by molar-refractivity contribution is 0.0951. The van der Waals surface area contributed by atoms with E-state index in [1.165, 1.54) is 0 Å². The van der Waals surface area contributed by atoms with E-state index in [-0.39, 0.29) is 0 Å². The van der Waals surface area contributed by atoms with E-state index < -0.39 is 0 Å². The van der Waals surface area contributed by atoms with E-state index in [0.29, 0.717) is 0 Å². The fraction of sp³-hybridized carbons (Fsp3) is 1.00. The van der Waals surface area contributed by atoms with Crippen LogP contribution < -0.4 is 0 Å². The molecule has 0 aromatic carbocycles. The molecule has 0 aliphatic carbocycles. The van der Waals surface area contributed by atoms with Crippen LogP contribution in [-0.4, -0.2) is 32.2 Å². The van der Waals surface area contributed by atoms with Gasteiger partial charge < -0.3 is 9.47 Å². The molecule has 0 rings (SSSR count). The lowest BCUT2D eigenvalue weighted by atomic mass is 10.5. The lowest BCUT2D eigenvalue weighted by Gasteiger charge is -2.01. The first-order chi connectivity index (χ1) is 4.91. The number of hydrogen-bond acceptors (Lipinski definition) is 3. The van der Waals surface area contributed by atoms with Gasteiger partial charge >= 0.3 is 0 Å². The van der Waals surface area contributed by atoms with Crippen molar-refractivity contribution in [1.82, 2.24) is 0 Å². The smallest absolute Gasteiger partial charge is 0.0554 e. The van der Waals surface area contributed by atoms with Crippen LogP contribution in [0.15, 0.2) is 0 Å². The average Bonchev–Trinajstić information content (AvgIpc) is 1.97. The van der Waals surface area contributed by atoms with E-state index in [4.69, 9.17) is 9.47 Å². The highest BCUT2D eigenvalue weighted by Gasteiger charge is 1.86. The Labute approximate surface area is 68.3 Å². The fourth-order valence-electron chi connectivity index (χ4n) is 0.574. The van der Waals surface area contributed by atoms with Crippen LogP contribution in [0.3, 0.4) is 0 Å². The SMILES string of the molecule is CCOCCCOCCS. The zero-order valence-electron chi connectivity index (χ0n) is 6.51. The van der Waals surface area contributed by atoms with Gasteiger partial charge in [0.2, 0.25) is 0 Å². The molecule has 0 N–H and O–H groups in total. The van der Waals surface area contributed by atoms with Crippen LogP contribution >= 0.6 is 12.6 Å². The van der Waals surface area contributed by atoms with Crippen LogP contribution in [0.1, 0.15) is 13.3 Å². The summed E-state index contributed by atoms with van der Waals surface area (Å²) in [7, 11) is 0. The normalized spacial score (nSPS) is 10.2. The minimum Gasteiger partial charge on any atom is -0.382 e. The Morgan fingerprint density at radius 3 is 2.40 bits per heavy atom. The number of hydrogen-bond donors (Lipinski definition) is 1. The highest BCUT2D eigenvalue weighted by molar-refractivity contribution is 7.80. The summed E-state index contributed by atoms with van der Waals surface area (Å²) in [5.41, 5.74) is 0. The maximum Gasteiger partial charge on any atom is 0.0554 e. The summed E-state index contributed by atoms with van der Waals surface area (Å²) in [5.74, 6) is 0.800. The summed E-state index contributed by atoms with van der Waals surface area (Å²) >= 11 is 4.01. The van der Waals surface area contributed by atoms with Crippen LogP contribution in [0.2, 0.25) is 0 Å². The largest absolute Gasteiger partial charge is 0.382 e. The molecular formula is C7H16O2S. The molecule has 0 saturated heterocycles. The summed E-state index contributed by atoms with van der Waals surface area (Å²) in [6.45, 7) is 5.14. The second kappa shape index (κ2) is 9.27. The van der Waals surface area contributed by atoms with E-state index in [0.717, 1.165) is 38.6 Å². The molecule has 0 bridgehead atoms. The highest BCUT2D eigenvalue weighted by atomic mass is 32.1. The molecule has 62 valence electrons. The second-order valence-corrected chi connectivity index (χ2v) is 2.33. The molecule has 0 aromatic rings. The predicted octanol–water partition coefficient (Wildman–Crippen LogP) is 1.36. The second-order valence-electron chi connectivity index (χ2n) is 1.89. The molecule has 10 heavy (non-hydrogen) atoms. The topological polar surface area (TPSA) is 18.5 Å². The third-order valence-electron chi connectivity index (χ3n) is 1.02. The van der Waals surface area contributed by atoms with Gasteiger partial charge in [0.05, 0.1) is 6.61 Å². The van der Waals surface area contributed by atoms with Crippen LogP contribution in [0, 0.1) is 0 Å². The summed E-state index contributed by atoms with van der Waals surface area (Å²) < 4.78 is 10.3. The number of thiol groups is 1. The first-order valence-corrected chi connectivity index (χ1v) is 4.31. The Morgan fingerprint density at radius 1 is 1.10 bits per heavy atom. The van der Waals surface area contributed by atoms with Crippen LogP contribution in [0.4, 0.5) is 0 Å². The van der Waals surface area contributed by atoms with E-state index in [9.17, 15) is 0 Å². The van der Waals surface area contributed by atoms with Crippen LogP contribution in [0.25, 0.3) is 0 Å². The molecule has 0 aliphatic heterocycles. The average molecular weight is 164 g/mol. The molecule has 3 heteroatoms. The van der Waals surface area contributed by atoms with Gasteiger partial charge in [-0.2, -0.15) is 12.6 Å². The monoisotopic (exact) mass is 164 g/mol. The third kappa shape index (κ3) is 8.27. The Morgan fingerprint density at radius 2 is 1.80 bits per heavy atom. The van der Waals surface area contributed by atoms with Crippen LogP contribution in [-0.2, 0) is 9.47 Å². The van der Waals surface area contributed by atoms with Gasteiger partial charge in [0, 0.05) is 25.6 Å². The Hall–Kier alpha value is 0.270. The lowest BCUT2D eigenvalue weighted by Crippen LogP contribution is -2.02. The molecule has 2 nitrogen and oxygen atoms in total. The van der Waals surface area contributed by atoms with Gasteiger partial charge in [-0.05, 0) is 13.3 Å². The molecule has 0 aromatic heterocycles.